The van der Waals surface area contributed by atoms with Gasteiger partial charge < -0.3 is 4.57 Å². The Bertz CT molecular complexity index is 1950. The Morgan fingerprint density at radius 1 is 0.700 bits per heavy atom. The Kier molecular flexibility index (Phi) is 2.48. The van der Waals surface area contributed by atoms with E-state index >= 15 is 0 Å². The zero-order valence-electron chi connectivity index (χ0n) is 23.6. The number of aromatic nitrogens is 1. The van der Waals surface area contributed by atoms with E-state index in [9.17, 15) is 0 Å². The van der Waals surface area contributed by atoms with Crippen molar-refractivity contribution in [2.45, 2.75) is 0 Å². The van der Waals surface area contributed by atoms with Crippen LogP contribution in [0.4, 0.5) is 0 Å². The molecule has 2 heteroatoms. The van der Waals surface area contributed by atoms with E-state index in [2.05, 4.69) is 0 Å². The average molecular weight is 412 g/mol. The minimum atomic E-state index is -0.540. The molecular formula is C28H18ClN. The molecule has 0 saturated heterocycles. The molecule has 0 aliphatic carbocycles. The summed E-state index contributed by atoms with van der Waals surface area (Å²) in [5.41, 5.74) is 1.46. The molecule has 5 aromatic carbocycles. The number of hydrogen-bond donors (Lipinski definition) is 0. The molecule has 1 heterocycles. The lowest BCUT2D eigenvalue weighted by Crippen LogP contribution is -1.93. The van der Waals surface area contributed by atoms with E-state index in [1.165, 1.54) is 0 Å². The van der Waals surface area contributed by atoms with E-state index in [1.807, 2.05) is 42.5 Å². The van der Waals surface area contributed by atoms with Gasteiger partial charge in [0, 0.05) is 21.5 Å². The van der Waals surface area contributed by atoms with Crippen LogP contribution in [-0.4, -0.2) is 4.57 Å². The fourth-order valence-corrected chi connectivity index (χ4v) is 4.27. The highest BCUT2D eigenvalue weighted by Crippen LogP contribution is 2.41. The molecule has 1 aromatic heterocycles. The second kappa shape index (κ2) is 6.76. The molecule has 0 atom stereocenters. The number of fused-ring (bicyclic) bond motifs is 5. The van der Waals surface area contributed by atoms with Gasteiger partial charge in [0.1, 0.15) is 0 Å². The molecule has 142 valence electrons. The zero-order chi connectivity index (χ0) is 27.0. The van der Waals surface area contributed by atoms with Crippen LogP contribution in [0.1, 0.15) is 11.0 Å². The first kappa shape index (κ1) is 11.0. The minimum Gasteiger partial charge on any atom is -0.309 e. The van der Waals surface area contributed by atoms with Gasteiger partial charge in [0.15, 0.2) is 0 Å². The molecule has 0 fully saturated rings. The minimum absolute atomic E-state index is 0.0279. The SMILES string of the molecule is [2H]c1c([2H])c([2H])c(-c2c([2H])c([2H])c([2H])c3c2c2c4ccccc4ccc2n3-c2cccc(Cl)c2)c([2H])c1[2H]. The summed E-state index contributed by atoms with van der Waals surface area (Å²) in [6.07, 6.45) is 0. The van der Waals surface area contributed by atoms with E-state index in [-0.39, 0.29) is 23.2 Å². The molecule has 0 radical (unpaired) electrons. The highest BCUT2D eigenvalue weighted by atomic mass is 35.5. The van der Waals surface area contributed by atoms with Crippen molar-refractivity contribution in [2.75, 3.05) is 0 Å². The first-order valence-corrected chi connectivity index (χ1v) is 9.80. The maximum absolute atomic E-state index is 8.94. The number of halogens is 1. The molecule has 0 aliphatic rings. The summed E-state index contributed by atoms with van der Waals surface area (Å²) in [5.74, 6) is 0. The first-order chi connectivity index (χ1) is 18.1. The quantitative estimate of drug-likeness (QED) is 0.270. The maximum Gasteiger partial charge on any atom is 0.0645 e. The van der Waals surface area contributed by atoms with E-state index < -0.39 is 36.3 Å². The highest BCUT2D eigenvalue weighted by molar-refractivity contribution is 6.31. The van der Waals surface area contributed by atoms with Gasteiger partial charge in [-0.25, -0.2) is 0 Å². The van der Waals surface area contributed by atoms with Crippen molar-refractivity contribution in [1.82, 2.24) is 4.57 Å². The highest BCUT2D eigenvalue weighted by Gasteiger charge is 2.18. The largest absolute Gasteiger partial charge is 0.309 e. The molecule has 30 heavy (non-hydrogen) atoms. The van der Waals surface area contributed by atoms with E-state index in [4.69, 9.17) is 22.6 Å². The lowest BCUT2D eigenvalue weighted by Gasteiger charge is -2.09. The van der Waals surface area contributed by atoms with E-state index in [0.717, 1.165) is 10.8 Å². The summed E-state index contributed by atoms with van der Waals surface area (Å²) in [4.78, 5) is 0. The molecule has 0 N–H and O–H groups in total. The molecule has 6 aromatic rings. The van der Waals surface area contributed by atoms with Crippen LogP contribution >= 0.6 is 11.6 Å². The second-order valence-corrected chi connectivity index (χ2v) is 7.41. The van der Waals surface area contributed by atoms with Crippen LogP contribution in [0.3, 0.4) is 0 Å². The molecule has 6 rings (SSSR count). The first-order valence-electron chi connectivity index (χ1n) is 13.4. The van der Waals surface area contributed by atoms with Crippen LogP contribution in [0.25, 0.3) is 49.4 Å². The van der Waals surface area contributed by atoms with E-state index in [1.54, 1.807) is 22.8 Å². The summed E-state index contributed by atoms with van der Waals surface area (Å²) in [7, 11) is 0. The van der Waals surface area contributed by atoms with Gasteiger partial charge in [0.2, 0.25) is 0 Å². The third kappa shape index (κ3) is 2.56. The smallest absolute Gasteiger partial charge is 0.0645 e. The Morgan fingerprint density at radius 2 is 1.57 bits per heavy atom. The lowest BCUT2D eigenvalue weighted by molar-refractivity contribution is 1.18. The Labute approximate surface area is 191 Å². The monoisotopic (exact) mass is 411 g/mol. The fourth-order valence-electron chi connectivity index (χ4n) is 4.08. The topological polar surface area (TPSA) is 4.93 Å². The molecule has 0 aliphatic heterocycles. The Balaban J connectivity index is 1.98. The van der Waals surface area contributed by atoms with Gasteiger partial charge in [-0.05, 0) is 52.2 Å². The lowest BCUT2D eigenvalue weighted by atomic mass is 9.97. The molecule has 0 saturated carbocycles. The van der Waals surface area contributed by atoms with Crippen molar-refractivity contribution in [3.8, 4) is 16.8 Å². The predicted molar refractivity (Wildman–Crippen MR) is 129 cm³/mol. The van der Waals surface area contributed by atoms with Crippen molar-refractivity contribution in [2.24, 2.45) is 0 Å². The zero-order valence-corrected chi connectivity index (χ0v) is 16.4. The Morgan fingerprint density at radius 3 is 2.43 bits per heavy atom. The number of nitrogens with zero attached hydrogens (tertiary/aromatic N) is 1. The second-order valence-electron chi connectivity index (χ2n) is 6.97. The summed E-state index contributed by atoms with van der Waals surface area (Å²) >= 11 is 6.34. The molecule has 0 spiro atoms. The normalized spacial score (nSPS) is 15.2. The van der Waals surface area contributed by atoms with Crippen molar-refractivity contribution >= 4 is 44.2 Å². The van der Waals surface area contributed by atoms with Gasteiger partial charge in [-0.2, -0.15) is 0 Å². The third-order valence-corrected chi connectivity index (χ3v) is 5.53. The van der Waals surface area contributed by atoms with Crippen molar-refractivity contribution in [3.05, 3.63) is 114 Å². The van der Waals surface area contributed by atoms with Gasteiger partial charge in [-0.3, -0.25) is 0 Å². The number of benzene rings is 5. The summed E-state index contributed by atoms with van der Waals surface area (Å²) in [6.45, 7) is 0. The van der Waals surface area contributed by atoms with Crippen molar-refractivity contribution < 1.29 is 11.0 Å². The van der Waals surface area contributed by atoms with Gasteiger partial charge in [0.05, 0.1) is 22.0 Å². The van der Waals surface area contributed by atoms with Crippen LogP contribution in [-0.2, 0) is 0 Å². The van der Waals surface area contributed by atoms with Gasteiger partial charge in [0.25, 0.3) is 0 Å². The predicted octanol–water partition coefficient (Wildman–Crippen LogP) is 8.26. The Hall–Kier alpha value is -3.55. The van der Waals surface area contributed by atoms with Crippen LogP contribution in [0.5, 0.6) is 0 Å². The van der Waals surface area contributed by atoms with Crippen LogP contribution in [0.2, 0.25) is 5.02 Å². The molecule has 1 nitrogen and oxygen atoms in total. The van der Waals surface area contributed by atoms with Crippen molar-refractivity contribution in [3.63, 3.8) is 0 Å². The van der Waals surface area contributed by atoms with Crippen LogP contribution in [0, 0.1) is 0 Å². The van der Waals surface area contributed by atoms with Crippen LogP contribution in [0.15, 0.2) is 109 Å². The molecular weight excluding hydrogens is 386 g/mol. The van der Waals surface area contributed by atoms with E-state index in [0.29, 0.717) is 32.5 Å². The van der Waals surface area contributed by atoms with Crippen LogP contribution < -0.4 is 0 Å². The fraction of sp³-hybridized carbons (Fsp3) is 0. The molecule has 0 bridgehead atoms. The average Bonchev–Trinajstić information content (AvgIpc) is 3.27. The number of hydrogen-bond acceptors (Lipinski definition) is 0. The van der Waals surface area contributed by atoms with Crippen molar-refractivity contribution in [1.29, 1.82) is 0 Å². The van der Waals surface area contributed by atoms with Gasteiger partial charge >= 0.3 is 0 Å². The maximum atomic E-state index is 8.94. The van der Waals surface area contributed by atoms with Gasteiger partial charge in [-0.15, -0.1) is 0 Å². The summed E-state index contributed by atoms with van der Waals surface area (Å²) in [6, 6.07) is 15.0. The molecule has 0 amide bonds. The third-order valence-electron chi connectivity index (χ3n) is 5.29. The molecule has 0 unspecified atom stereocenters. The summed E-state index contributed by atoms with van der Waals surface area (Å²) < 4.78 is 70.1. The van der Waals surface area contributed by atoms with Gasteiger partial charge in [-0.1, -0.05) is 90.3 Å². The standard InChI is InChI=1S/C28H18ClN/c29-21-11-6-12-22(18-21)30-25-15-7-14-24(19-8-2-1-3-9-19)27(25)28-23-13-5-4-10-20(23)16-17-26(28)30/h1-18H/i1D,2D,3D,7D,8D,9D,14D,15D. The number of rotatable bonds is 2. The summed E-state index contributed by atoms with van der Waals surface area (Å²) in [5, 5.41) is 3.20.